The van der Waals surface area contributed by atoms with Crippen molar-refractivity contribution in [3.8, 4) is 0 Å². The van der Waals surface area contributed by atoms with Crippen molar-refractivity contribution in [1.29, 1.82) is 0 Å². The highest BCUT2D eigenvalue weighted by atomic mass is 32.1. The Kier molecular flexibility index (Phi) is 5.14. The van der Waals surface area contributed by atoms with Crippen LogP contribution in [0.25, 0.3) is 0 Å². The van der Waals surface area contributed by atoms with E-state index in [2.05, 4.69) is 79.0 Å². The van der Waals surface area contributed by atoms with E-state index in [1.54, 1.807) is 6.20 Å². The van der Waals surface area contributed by atoms with E-state index in [-0.39, 0.29) is 0 Å². The van der Waals surface area contributed by atoms with Gasteiger partial charge < -0.3 is 10.6 Å². The van der Waals surface area contributed by atoms with Gasteiger partial charge in [0.25, 0.3) is 0 Å². The summed E-state index contributed by atoms with van der Waals surface area (Å²) >= 11 is 5.40. The van der Waals surface area contributed by atoms with Gasteiger partial charge in [0.2, 0.25) is 0 Å². The summed E-state index contributed by atoms with van der Waals surface area (Å²) in [6.07, 6.45) is 3.74. The Morgan fingerprint density at radius 3 is 2.24 bits per heavy atom. The zero-order valence-electron chi connectivity index (χ0n) is 14.7. The lowest BCUT2D eigenvalue weighted by Crippen LogP contribution is -2.18. The van der Waals surface area contributed by atoms with Crippen molar-refractivity contribution in [3.05, 3.63) is 77.1 Å². The van der Waals surface area contributed by atoms with Gasteiger partial charge in [0.05, 0.1) is 18.4 Å². The number of nitrogens with one attached hydrogen (secondary N) is 2. The zero-order valence-corrected chi connectivity index (χ0v) is 15.5. The molecule has 0 radical (unpaired) electrons. The van der Waals surface area contributed by atoms with Gasteiger partial charge in [-0.05, 0) is 61.8 Å². The first-order chi connectivity index (χ1) is 12.0. The first kappa shape index (κ1) is 17.2. The number of anilines is 2. The number of rotatable bonds is 4. The van der Waals surface area contributed by atoms with E-state index >= 15 is 0 Å². The molecule has 0 aliphatic carbocycles. The number of aromatic nitrogens is 2. The molecule has 0 unspecified atom stereocenters. The summed E-state index contributed by atoms with van der Waals surface area (Å²) in [5, 5.41) is 11.3. The minimum absolute atomic E-state index is 0.555. The molecule has 1 heterocycles. The van der Waals surface area contributed by atoms with Crippen molar-refractivity contribution in [3.63, 3.8) is 0 Å². The van der Waals surface area contributed by atoms with Gasteiger partial charge in [0.15, 0.2) is 5.11 Å². The first-order valence-corrected chi connectivity index (χ1v) is 8.63. The number of hydrogen-bond donors (Lipinski definition) is 2. The smallest absolute Gasteiger partial charge is 0.175 e. The van der Waals surface area contributed by atoms with Crippen LogP contribution in [0.15, 0.2) is 54.9 Å². The number of aryl methyl sites for hydroxylation is 3. The van der Waals surface area contributed by atoms with Gasteiger partial charge in [0.1, 0.15) is 0 Å². The van der Waals surface area contributed by atoms with E-state index in [0.717, 1.165) is 17.9 Å². The van der Waals surface area contributed by atoms with Crippen LogP contribution in [0.5, 0.6) is 0 Å². The van der Waals surface area contributed by atoms with Crippen LogP contribution < -0.4 is 10.6 Å². The molecule has 0 saturated heterocycles. The standard InChI is InChI=1S/C20H22N4S/c1-14-4-6-17(7-5-14)12-24-13-19(11-21-24)23-20(25)22-18-9-15(2)8-16(3)10-18/h4-11,13H,12H2,1-3H3,(H2,22,23,25). The predicted molar refractivity (Wildman–Crippen MR) is 108 cm³/mol. The monoisotopic (exact) mass is 350 g/mol. The summed E-state index contributed by atoms with van der Waals surface area (Å²) < 4.78 is 1.90. The Morgan fingerprint density at radius 2 is 1.56 bits per heavy atom. The van der Waals surface area contributed by atoms with Gasteiger partial charge in [-0.3, -0.25) is 4.68 Å². The van der Waals surface area contributed by atoms with E-state index < -0.39 is 0 Å². The Labute approximate surface area is 153 Å². The lowest BCUT2D eigenvalue weighted by atomic mass is 10.1. The number of thiocarbonyl (C=S) groups is 1. The quantitative estimate of drug-likeness (QED) is 0.671. The third-order valence-corrected chi connectivity index (χ3v) is 4.04. The van der Waals surface area contributed by atoms with E-state index in [1.165, 1.54) is 22.3 Å². The molecule has 0 fully saturated rings. The maximum Gasteiger partial charge on any atom is 0.175 e. The van der Waals surface area contributed by atoms with Gasteiger partial charge in [-0.2, -0.15) is 5.10 Å². The maximum absolute atomic E-state index is 5.40. The van der Waals surface area contributed by atoms with Gasteiger partial charge in [-0.15, -0.1) is 0 Å². The van der Waals surface area contributed by atoms with Crippen LogP contribution in [-0.4, -0.2) is 14.9 Å². The number of hydrogen-bond acceptors (Lipinski definition) is 2. The lowest BCUT2D eigenvalue weighted by molar-refractivity contribution is 0.687. The molecule has 4 nitrogen and oxygen atoms in total. The molecule has 0 aliphatic heterocycles. The molecular formula is C20H22N4S. The third kappa shape index (κ3) is 4.90. The molecule has 25 heavy (non-hydrogen) atoms. The highest BCUT2D eigenvalue weighted by Gasteiger charge is 2.04. The summed E-state index contributed by atoms with van der Waals surface area (Å²) in [5.74, 6) is 0. The van der Waals surface area contributed by atoms with Gasteiger partial charge in [-0.1, -0.05) is 35.9 Å². The van der Waals surface area contributed by atoms with Gasteiger partial charge >= 0.3 is 0 Å². The third-order valence-electron chi connectivity index (χ3n) is 3.84. The number of benzene rings is 2. The van der Waals surface area contributed by atoms with Crippen molar-refractivity contribution < 1.29 is 0 Å². The second kappa shape index (κ2) is 7.49. The highest BCUT2D eigenvalue weighted by molar-refractivity contribution is 7.80. The van der Waals surface area contributed by atoms with E-state index in [1.807, 2.05) is 10.9 Å². The molecule has 3 rings (SSSR count). The van der Waals surface area contributed by atoms with Crippen molar-refractivity contribution in [1.82, 2.24) is 9.78 Å². The van der Waals surface area contributed by atoms with E-state index in [9.17, 15) is 0 Å². The van der Waals surface area contributed by atoms with Gasteiger partial charge in [0, 0.05) is 11.9 Å². The second-order valence-electron chi connectivity index (χ2n) is 6.37. The van der Waals surface area contributed by atoms with Gasteiger partial charge in [-0.25, -0.2) is 0 Å². The molecule has 0 spiro atoms. The molecule has 0 bridgehead atoms. The Bertz CT molecular complexity index is 861. The Hall–Kier alpha value is -2.66. The van der Waals surface area contributed by atoms with Crippen molar-refractivity contribution in [2.45, 2.75) is 27.3 Å². The molecule has 0 saturated carbocycles. The molecule has 0 amide bonds. The van der Waals surface area contributed by atoms with Crippen LogP contribution in [0.4, 0.5) is 11.4 Å². The fourth-order valence-electron chi connectivity index (χ4n) is 2.74. The minimum Gasteiger partial charge on any atom is -0.332 e. The number of nitrogens with zero attached hydrogens (tertiary/aromatic N) is 2. The molecular weight excluding hydrogens is 328 g/mol. The topological polar surface area (TPSA) is 41.9 Å². The normalized spacial score (nSPS) is 10.5. The van der Waals surface area contributed by atoms with Crippen LogP contribution >= 0.6 is 12.2 Å². The van der Waals surface area contributed by atoms with Crippen molar-refractivity contribution in [2.75, 3.05) is 10.6 Å². The predicted octanol–water partition coefficient (Wildman–Crippen LogP) is 4.67. The van der Waals surface area contributed by atoms with Crippen LogP contribution in [-0.2, 0) is 6.54 Å². The van der Waals surface area contributed by atoms with Crippen LogP contribution in [0.1, 0.15) is 22.3 Å². The lowest BCUT2D eigenvalue weighted by Gasteiger charge is -2.10. The first-order valence-electron chi connectivity index (χ1n) is 8.22. The average Bonchev–Trinajstić information content (AvgIpc) is 2.95. The van der Waals surface area contributed by atoms with Crippen LogP contribution in [0.2, 0.25) is 0 Å². The molecule has 128 valence electrons. The van der Waals surface area contributed by atoms with Crippen molar-refractivity contribution >= 4 is 28.7 Å². The summed E-state index contributed by atoms with van der Waals surface area (Å²) in [6, 6.07) is 14.7. The van der Waals surface area contributed by atoms with E-state index in [4.69, 9.17) is 12.2 Å². The Morgan fingerprint density at radius 1 is 0.920 bits per heavy atom. The summed E-state index contributed by atoms with van der Waals surface area (Å²) in [6.45, 7) is 6.97. The molecule has 2 N–H and O–H groups in total. The van der Waals surface area contributed by atoms with Crippen LogP contribution in [0.3, 0.4) is 0 Å². The fraction of sp³-hybridized carbons (Fsp3) is 0.200. The summed E-state index contributed by atoms with van der Waals surface area (Å²) in [5.41, 5.74) is 6.74. The fourth-order valence-corrected chi connectivity index (χ4v) is 2.97. The van der Waals surface area contributed by atoms with Crippen LogP contribution in [0, 0.1) is 20.8 Å². The maximum atomic E-state index is 5.40. The van der Waals surface area contributed by atoms with E-state index in [0.29, 0.717) is 5.11 Å². The summed E-state index contributed by atoms with van der Waals surface area (Å²) in [4.78, 5) is 0. The SMILES string of the molecule is Cc1ccc(Cn2cc(NC(=S)Nc3cc(C)cc(C)c3)cn2)cc1. The minimum atomic E-state index is 0.555. The van der Waals surface area contributed by atoms with Crippen molar-refractivity contribution in [2.24, 2.45) is 0 Å². The zero-order chi connectivity index (χ0) is 17.8. The molecule has 0 aliphatic rings. The molecule has 3 aromatic rings. The molecule has 0 atom stereocenters. The molecule has 2 aromatic carbocycles. The Balaban J connectivity index is 1.60. The highest BCUT2D eigenvalue weighted by Crippen LogP contribution is 2.15. The summed E-state index contributed by atoms with van der Waals surface area (Å²) in [7, 11) is 0. The molecule has 5 heteroatoms. The second-order valence-corrected chi connectivity index (χ2v) is 6.78. The largest absolute Gasteiger partial charge is 0.332 e. The average molecular weight is 350 g/mol. The molecule has 1 aromatic heterocycles.